The lowest BCUT2D eigenvalue weighted by molar-refractivity contribution is 0.262. The van der Waals surface area contributed by atoms with Crippen molar-refractivity contribution in [3.8, 4) is 0 Å². The van der Waals surface area contributed by atoms with Crippen LogP contribution in [0.2, 0.25) is 0 Å². The Kier molecular flexibility index (Phi) is 4.74. The maximum absolute atomic E-state index is 13.5. The van der Waals surface area contributed by atoms with Gasteiger partial charge >= 0.3 is 6.03 Å². The second-order valence-corrected chi connectivity index (χ2v) is 5.56. The number of aryl methyl sites for hydroxylation is 1. The minimum Gasteiger partial charge on any atom is -0.305 e. The SMILES string of the molecule is Cc1ccccc1Cn1cc(NC(=O)Nc2ccc(F)cc2F)cn1. The lowest BCUT2D eigenvalue weighted by atomic mass is 10.1. The van der Waals surface area contributed by atoms with Crippen LogP contribution < -0.4 is 10.6 Å². The maximum atomic E-state index is 13.5. The summed E-state index contributed by atoms with van der Waals surface area (Å²) in [5.74, 6) is -1.55. The van der Waals surface area contributed by atoms with Gasteiger partial charge in [0.25, 0.3) is 0 Å². The summed E-state index contributed by atoms with van der Waals surface area (Å²) >= 11 is 0. The van der Waals surface area contributed by atoms with Crippen LogP contribution in [0.5, 0.6) is 0 Å². The van der Waals surface area contributed by atoms with E-state index in [1.807, 2.05) is 31.2 Å². The second kappa shape index (κ2) is 7.12. The first-order chi connectivity index (χ1) is 12.0. The van der Waals surface area contributed by atoms with Gasteiger partial charge in [0.2, 0.25) is 0 Å². The van der Waals surface area contributed by atoms with Crippen molar-refractivity contribution in [2.75, 3.05) is 10.6 Å². The smallest absolute Gasteiger partial charge is 0.305 e. The summed E-state index contributed by atoms with van der Waals surface area (Å²) < 4.78 is 28.1. The van der Waals surface area contributed by atoms with E-state index in [9.17, 15) is 13.6 Å². The van der Waals surface area contributed by atoms with Gasteiger partial charge < -0.3 is 10.6 Å². The Morgan fingerprint density at radius 3 is 2.72 bits per heavy atom. The molecule has 0 radical (unpaired) electrons. The van der Waals surface area contributed by atoms with Gasteiger partial charge in [-0.15, -0.1) is 0 Å². The Balaban J connectivity index is 1.63. The van der Waals surface area contributed by atoms with Gasteiger partial charge in [-0.25, -0.2) is 13.6 Å². The molecule has 0 aliphatic heterocycles. The monoisotopic (exact) mass is 342 g/mol. The molecule has 3 aromatic rings. The number of nitrogens with zero attached hydrogens (tertiary/aromatic N) is 2. The normalized spacial score (nSPS) is 10.5. The Morgan fingerprint density at radius 2 is 1.96 bits per heavy atom. The van der Waals surface area contributed by atoms with Crippen LogP contribution in [0.15, 0.2) is 54.9 Å². The molecule has 0 bridgehead atoms. The van der Waals surface area contributed by atoms with Gasteiger partial charge in [0.05, 0.1) is 24.1 Å². The van der Waals surface area contributed by atoms with Gasteiger partial charge in [0.1, 0.15) is 11.6 Å². The number of halogens is 2. The summed E-state index contributed by atoms with van der Waals surface area (Å²) in [6.45, 7) is 2.59. The third-order valence-corrected chi connectivity index (χ3v) is 3.66. The number of carbonyl (C=O) groups excluding carboxylic acids is 1. The fourth-order valence-electron chi connectivity index (χ4n) is 2.35. The van der Waals surface area contributed by atoms with E-state index < -0.39 is 17.7 Å². The largest absolute Gasteiger partial charge is 0.323 e. The van der Waals surface area contributed by atoms with Crippen molar-refractivity contribution in [2.24, 2.45) is 0 Å². The first-order valence-electron chi connectivity index (χ1n) is 7.61. The zero-order valence-electron chi connectivity index (χ0n) is 13.5. The second-order valence-electron chi connectivity index (χ2n) is 5.56. The molecule has 0 aliphatic carbocycles. The molecule has 0 saturated heterocycles. The first-order valence-corrected chi connectivity index (χ1v) is 7.61. The number of rotatable bonds is 4. The van der Waals surface area contributed by atoms with Gasteiger partial charge in [-0.1, -0.05) is 24.3 Å². The van der Waals surface area contributed by atoms with Gasteiger partial charge in [-0.2, -0.15) is 5.10 Å². The lowest BCUT2D eigenvalue weighted by Crippen LogP contribution is -2.19. The summed E-state index contributed by atoms with van der Waals surface area (Å²) in [5.41, 5.74) is 2.63. The summed E-state index contributed by atoms with van der Waals surface area (Å²) in [6, 6.07) is 10.2. The van der Waals surface area contributed by atoms with Crippen LogP contribution in [0.3, 0.4) is 0 Å². The first kappa shape index (κ1) is 16.6. The number of urea groups is 1. The maximum Gasteiger partial charge on any atom is 0.323 e. The summed E-state index contributed by atoms with van der Waals surface area (Å²) in [4.78, 5) is 11.9. The standard InChI is InChI=1S/C18H16F2N4O/c1-12-4-2-3-5-13(12)10-24-11-15(9-21-24)22-18(25)23-17-7-6-14(19)8-16(17)20/h2-9,11H,10H2,1H3,(H2,22,23,25). The topological polar surface area (TPSA) is 59.0 Å². The molecule has 0 spiro atoms. The molecule has 7 heteroatoms. The van der Waals surface area contributed by atoms with Crippen LogP contribution in [0.25, 0.3) is 0 Å². The van der Waals surface area contributed by atoms with Crippen LogP contribution >= 0.6 is 0 Å². The fourth-order valence-corrected chi connectivity index (χ4v) is 2.35. The minimum atomic E-state index is -0.842. The van der Waals surface area contributed by atoms with Crippen molar-refractivity contribution < 1.29 is 13.6 Å². The van der Waals surface area contributed by atoms with Crippen LogP contribution in [-0.2, 0) is 6.54 Å². The number of hydrogen-bond donors (Lipinski definition) is 2. The minimum absolute atomic E-state index is 0.105. The molecule has 0 fully saturated rings. The molecule has 0 saturated carbocycles. The zero-order valence-corrected chi connectivity index (χ0v) is 13.5. The lowest BCUT2D eigenvalue weighted by Gasteiger charge is -2.07. The van der Waals surface area contributed by atoms with Crippen molar-refractivity contribution in [1.29, 1.82) is 0 Å². The highest BCUT2D eigenvalue weighted by molar-refractivity contribution is 5.99. The Morgan fingerprint density at radius 1 is 1.16 bits per heavy atom. The third-order valence-electron chi connectivity index (χ3n) is 3.66. The van der Waals surface area contributed by atoms with E-state index in [-0.39, 0.29) is 5.69 Å². The Labute approximate surface area is 143 Å². The van der Waals surface area contributed by atoms with Gasteiger partial charge in [0.15, 0.2) is 0 Å². The van der Waals surface area contributed by atoms with Crippen LogP contribution in [0, 0.1) is 18.6 Å². The van der Waals surface area contributed by atoms with Crippen molar-refractivity contribution >= 4 is 17.4 Å². The third kappa shape index (κ3) is 4.20. The predicted molar refractivity (Wildman–Crippen MR) is 91.5 cm³/mol. The molecule has 2 aromatic carbocycles. The number of hydrogen-bond acceptors (Lipinski definition) is 2. The quantitative estimate of drug-likeness (QED) is 0.748. The van der Waals surface area contributed by atoms with Gasteiger partial charge in [-0.3, -0.25) is 4.68 Å². The van der Waals surface area contributed by atoms with Crippen molar-refractivity contribution in [1.82, 2.24) is 9.78 Å². The Bertz CT molecular complexity index is 908. The molecule has 5 nitrogen and oxygen atoms in total. The molecule has 1 aromatic heterocycles. The van der Waals surface area contributed by atoms with Gasteiger partial charge in [0, 0.05) is 12.3 Å². The molecule has 25 heavy (non-hydrogen) atoms. The zero-order chi connectivity index (χ0) is 17.8. The van der Waals surface area contributed by atoms with E-state index >= 15 is 0 Å². The van der Waals surface area contributed by atoms with E-state index in [4.69, 9.17) is 0 Å². The molecule has 128 valence electrons. The number of carbonyl (C=O) groups is 1. The van der Waals surface area contributed by atoms with E-state index in [1.54, 1.807) is 10.9 Å². The van der Waals surface area contributed by atoms with Crippen molar-refractivity contribution in [3.63, 3.8) is 0 Å². The molecule has 2 amide bonds. The highest BCUT2D eigenvalue weighted by Crippen LogP contribution is 2.16. The summed E-state index contributed by atoms with van der Waals surface area (Å²) in [5, 5.41) is 9.08. The van der Waals surface area contributed by atoms with E-state index in [0.29, 0.717) is 18.3 Å². The number of nitrogens with one attached hydrogen (secondary N) is 2. The molecule has 0 unspecified atom stereocenters. The molecule has 2 N–H and O–H groups in total. The van der Waals surface area contributed by atoms with E-state index in [2.05, 4.69) is 15.7 Å². The highest BCUT2D eigenvalue weighted by atomic mass is 19.1. The van der Waals surface area contributed by atoms with E-state index in [1.165, 1.54) is 6.20 Å². The molecule has 3 rings (SSSR count). The van der Waals surface area contributed by atoms with Crippen LogP contribution in [0.1, 0.15) is 11.1 Å². The Hall–Kier alpha value is -3.22. The summed E-state index contributed by atoms with van der Waals surface area (Å²) in [7, 11) is 0. The predicted octanol–water partition coefficient (Wildman–Crippen LogP) is 4.16. The number of benzene rings is 2. The number of aromatic nitrogens is 2. The average molecular weight is 342 g/mol. The van der Waals surface area contributed by atoms with E-state index in [0.717, 1.165) is 23.3 Å². The summed E-state index contributed by atoms with van der Waals surface area (Å²) in [6.07, 6.45) is 3.17. The van der Waals surface area contributed by atoms with Crippen molar-refractivity contribution in [2.45, 2.75) is 13.5 Å². The molecular weight excluding hydrogens is 326 g/mol. The fraction of sp³-hybridized carbons (Fsp3) is 0.111. The average Bonchev–Trinajstić information content (AvgIpc) is 2.99. The van der Waals surface area contributed by atoms with Gasteiger partial charge in [-0.05, 0) is 30.2 Å². The van der Waals surface area contributed by atoms with Crippen molar-refractivity contribution in [3.05, 3.63) is 77.6 Å². The molecular formula is C18H16F2N4O. The molecule has 0 aliphatic rings. The molecule has 1 heterocycles. The molecule has 0 atom stereocenters. The highest BCUT2D eigenvalue weighted by Gasteiger charge is 2.09. The van der Waals surface area contributed by atoms with Crippen LogP contribution in [0.4, 0.5) is 25.0 Å². The number of amides is 2. The number of anilines is 2. The van der Waals surface area contributed by atoms with Crippen LogP contribution in [-0.4, -0.2) is 15.8 Å².